The fourth-order valence-electron chi connectivity index (χ4n) is 4.72. The molecule has 0 N–H and O–H groups in total. The fourth-order valence-corrected chi connectivity index (χ4v) is 4.72. The Balaban J connectivity index is 1.49. The van der Waals surface area contributed by atoms with E-state index < -0.39 is 0 Å². The van der Waals surface area contributed by atoms with E-state index in [1.165, 1.54) is 10.6 Å². The van der Waals surface area contributed by atoms with Crippen molar-refractivity contribution in [3.8, 4) is 11.5 Å². The van der Waals surface area contributed by atoms with Gasteiger partial charge in [-0.05, 0) is 54.7 Å². The molecule has 180 valence electrons. The van der Waals surface area contributed by atoms with E-state index in [0.717, 1.165) is 35.4 Å². The predicted molar refractivity (Wildman–Crippen MR) is 145 cm³/mol. The molecule has 2 aliphatic rings. The van der Waals surface area contributed by atoms with Crippen molar-refractivity contribution in [2.75, 3.05) is 0 Å². The summed E-state index contributed by atoms with van der Waals surface area (Å²) in [6, 6.07) is 27.0. The van der Waals surface area contributed by atoms with Crippen LogP contribution in [-0.4, -0.2) is 22.5 Å². The Hall–Kier alpha value is -4.25. The molecule has 36 heavy (non-hydrogen) atoms. The highest BCUT2D eigenvalue weighted by Crippen LogP contribution is 2.33. The lowest BCUT2D eigenvalue weighted by Gasteiger charge is -2.28. The van der Waals surface area contributed by atoms with Gasteiger partial charge < -0.3 is 4.74 Å². The van der Waals surface area contributed by atoms with Gasteiger partial charge >= 0.3 is 0 Å². The van der Waals surface area contributed by atoms with E-state index in [1.807, 2.05) is 84.9 Å². The Morgan fingerprint density at radius 1 is 0.944 bits per heavy atom. The summed E-state index contributed by atoms with van der Waals surface area (Å²) in [6.07, 6.45) is 5.64. The molecule has 0 unspecified atom stereocenters. The maximum Gasteiger partial charge on any atom is 0.298 e. The number of allylic oxidation sites excluding steroid dienone is 2. The van der Waals surface area contributed by atoms with Gasteiger partial charge in [0.25, 0.3) is 5.91 Å². The van der Waals surface area contributed by atoms with E-state index in [0.29, 0.717) is 17.3 Å². The van der Waals surface area contributed by atoms with Crippen molar-refractivity contribution in [1.82, 2.24) is 5.01 Å². The molecule has 1 amide bonds. The summed E-state index contributed by atoms with van der Waals surface area (Å²) in [5, 5.41) is 6.32. The number of rotatable bonds is 5. The van der Waals surface area contributed by atoms with Crippen LogP contribution in [0.1, 0.15) is 44.7 Å². The van der Waals surface area contributed by atoms with Crippen molar-refractivity contribution in [3.63, 3.8) is 0 Å². The molecule has 1 heterocycles. The van der Waals surface area contributed by atoms with Crippen molar-refractivity contribution >= 4 is 23.5 Å². The van der Waals surface area contributed by atoms with Gasteiger partial charge in [0.05, 0.1) is 0 Å². The average Bonchev–Trinajstić information content (AvgIpc) is 3.14. The lowest BCUT2D eigenvalue weighted by Crippen LogP contribution is -2.31. The minimum atomic E-state index is -0.235. The molecule has 5 nitrogen and oxygen atoms in total. The van der Waals surface area contributed by atoms with Crippen LogP contribution in [0.15, 0.2) is 112 Å². The summed E-state index contributed by atoms with van der Waals surface area (Å²) >= 11 is 0. The SMILES string of the molecule is CC1=CC(C)(C)C/C(=N/N2C(=O)/C(=C\c3cccc(Oc4ccccc4)c3)N=C2c2ccccc2)C1. The normalized spacial score (nSPS) is 19.4. The number of hydrogen-bond donors (Lipinski definition) is 0. The van der Waals surface area contributed by atoms with E-state index >= 15 is 0 Å². The molecule has 0 bridgehead atoms. The minimum Gasteiger partial charge on any atom is -0.457 e. The van der Waals surface area contributed by atoms with Gasteiger partial charge in [-0.15, -0.1) is 0 Å². The third-order valence-corrected chi connectivity index (χ3v) is 6.03. The number of carbonyl (C=O) groups is 1. The fraction of sp³-hybridized carbons (Fsp3) is 0.194. The van der Waals surface area contributed by atoms with Gasteiger partial charge in [-0.25, -0.2) is 4.99 Å². The Morgan fingerprint density at radius 3 is 2.36 bits per heavy atom. The first-order valence-electron chi connectivity index (χ1n) is 12.1. The maximum atomic E-state index is 13.6. The average molecular weight is 476 g/mol. The molecule has 1 aliphatic carbocycles. The molecule has 5 rings (SSSR count). The van der Waals surface area contributed by atoms with Crippen LogP contribution in [0.4, 0.5) is 0 Å². The molecular weight excluding hydrogens is 446 g/mol. The topological polar surface area (TPSA) is 54.3 Å². The summed E-state index contributed by atoms with van der Waals surface area (Å²) in [7, 11) is 0. The molecule has 3 aromatic carbocycles. The Morgan fingerprint density at radius 2 is 1.64 bits per heavy atom. The molecule has 3 aromatic rings. The van der Waals surface area contributed by atoms with Crippen LogP contribution in [0.3, 0.4) is 0 Å². The van der Waals surface area contributed by atoms with E-state index in [4.69, 9.17) is 14.8 Å². The van der Waals surface area contributed by atoms with Crippen LogP contribution in [-0.2, 0) is 4.79 Å². The van der Waals surface area contributed by atoms with Gasteiger partial charge in [0.15, 0.2) is 5.84 Å². The molecule has 0 aromatic heterocycles. The van der Waals surface area contributed by atoms with Crippen LogP contribution in [0.25, 0.3) is 6.08 Å². The number of ether oxygens (including phenoxy) is 1. The molecule has 0 radical (unpaired) electrons. The zero-order valence-electron chi connectivity index (χ0n) is 20.8. The third-order valence-electron chi connectivity index (χ3n) is 6.03. The van der Waals surface area contributed by atoms with E-state index in [-0.39, 0.29) is 11.3 Å². The number of carbonyl (C=O) groups excluding carboxylic acids is 1. The maximum absolute atomic E-state index is 13.6. The van der Waals surface area contributed by atoms with Crippen LogP contribution in [0.5, 0.6) is 11.5 Å². The molecule has 0 atom stereocenters. The highest BCUT2D eigenvalue weighted by Gasteiger charge is 2.33. The number of amidine groups is 1. The second kappa shape index (κ2) is 9.78. The predicted octanol–water partition coefficient (Wildman–Crippen LogP) is 7.23. The molecule has 0 saturated carbocycles. The Bertz CT molecular complexity index is 1400. The van der Waals surface area contributed by atoms with Crippen LogP contribution >= 0.6 is 0 Å². The summed E-state index contributed by atoms with van der Waals surface area (Å²) in [4.78, 5) is 18.3. The van der Waals surface area contributed by atoms with Gasteiger partial charge in [0.1, 0.15) is 17.2 Å². The molecule has 0 saturated heterocycles. The third kappa shape index (κ3) is 5.36. The van der Waals surface area contributed by atoms with Crippen LogP contribution < -0.4 is 4.74 Å². The second-order valence-corrected chi connectivity index (χ2v) is 9.93. The van der Waals surface area contributed by atoms with Crippen LogP contribution in [0, 0.1) is 5.41 Å². The van der Waals surface area contributed by atoms with Crippen LogP contribution in [0.2, 0.25) is 0 Å². The number of hydrazone groups is 1. The Kier molecular flexibility index (Phi) is 6.38. The quantitative estimate of drug-likeness (QED) is 0.289. The van der Waals surface area contributed by atoms with Gasteiger partial charge in [0, 0.05) is 17.7 Å². The lowest BCUT2D eigenvalue weighted by molar-refractivity contribution is -0.122. The van der Waals surface area contributed by atoms with Gasteiger partial charge in [-0.3, -0.25) is 4.79 Å². The summed E-state index contributed by atoms with van der Waals surface area (Å²) in [6.45, 7) is 6.50. The second-order valence-electron chi connectivity index (χ2n) is 9.93. The number of hydrogen-bond acceptors (Lipinski definition) is 4. The highest BCUT2D eigenvalue weighted by molar-refractivity contribution is 6.20. The zero-order valence-corrected chi connectivity index (χ0v) is 20.8. The number of para-hydroxylation sites is 1. The Labute approximate surface area is 212 Å². The largest absolute Gasteiger partial charge is 0.457 e. The monoisotopic (exact) mass is 475 g/mol. The van der Waals surface area contributed by atoms with Gasteiger partial charge in [-0.1, -0.05) is 86.2 Å². The highest BCUT2D eigenvalue weighted by atomic mass is 16.5. The lowest BCUT2D eigenvalue weighted by atomic mass is 9.79. The van der Waals surface area contributed by atoms with Crippen molar-refractivity contribution in [2.24, 2.45) is 15.5 Å². The first-order chi connectivity index (χ1) is 17.4. The number of amides is 1. The first-order valence-corrected chi connectivity index (χ1v) is 12.1. The van der Waals surface area contributed by atoms with Gasteiger partial charge in [0.2, 0.25) is 0 Å². The number of benzene rings is 3. The van der Waals surface area contributed by atoms with E-state index in [2.05, 4.69) is 26.8 Å². The zero-order chi connectivity index (χ0) is 25.1. The van der Waals surface area contributed by atoms with Crippen molar-refractivity contribution in [1.29, 1.82) is 0 Å². The number of aliphatic imine (C=N–C) groups is 1. The molecule has 5 heteroatoms. The van der Waals surface area contributed by atoms with E-state index in [9.17, 15) is 4.79 Å². The number of nitrogens with zero attached hydrogens (tertiary/aromatic N) is 3. The standard InChI is InChI=1S/C31H29N3O2/c1-22-17-25(21-31(2,3)20-22)33-34-29(24-12-6-4-7-13-24)32-28(30(34)35)19-23-11-10-16-27(18-23)36-26-14-8-5-9-15-26/h4-16,18-20H,17,21H2,1-3H3/b28-19+,33-25+. The molecular formula is C31H29N3O2. The van der Waals surface area contributed by atoms with Gasteiger partial charge in [-0.2, -0.15) is 10.1 Å². The van der Waals surface area contributed by atoms with Crippen molar-refractivity contribution in [2.45, 2.75) is 33.6 Å². The van der Waals surface area contributed by atoms with Crippen molar-refractivity contribution in [3.05, 3.63) is 113 Å². The van der Waals surface area contributed by atoms with Crippen molar-refractivity contribution < 1.29 is 9.53 Å². The summed E-state index contributed by atoms with van der Waals surface area (Å²) in [5.74, 6) is 1.75. The molecule has 0 fully saturated rings. The smallest absolute Gasteiger partial charge is 0.298 e. The first kappa shape index (κ1) is 23.5. The molecule has 1 aliphatic heterocycles. The minimum absolute atomic E-state index is 0.00581. The summed E-state index contributed by atoms with van der Waals surface area (Å²) < 4.78 is 5.96. The summed E-state index contributed by atoms with van der Waals surface area (Å²) in [5.41, 5.74) is 4.28. The molecule has 0 spiro atoms. The van der Waals surface area contributed by atoms with E-state index in [1.54, 1.807) is 6.08 Å².